The standard InChI is InChI=1S/C20H28N2O5/c1-20(7-9-21-10-8-20)19(25)22-11-14(15(12-22)18(23)24)13-5-4-6-16(26-2)17(13)27-3/h4-6,14-15,21H,7-12H2,1-3H3,(H,23,24)/t14-,15+/m0/s1. The number of aliphatic carboxylic acids is 1. The lowest BCUT2D eigenvalue weighted by atomic mass is 9.79. The fourth-order valence-corrected chi connectivity index (χ4v) is 4.31. The average Bonchev–Trinajstić information content (AvgIpc) is 3.12. The van der Waals surface area contributed by atoms with Crippen molar-refractivity contribution < 1.29 is 24.2 Å². The number of para-hydroxylation sites is 1. The number of likely N-dealkylation sites (tertiary alicyclic amines) is 1. The minimum Gasteiger partial charge on any atom is -0.493 e. The number of benzene rings is 1. The van der Waals surface area contributed by atoms with E-state index in [0.29, 0.717) is 18.0 Å². The number of carboxylic acids is 1. The first-order valence-corrected chi connectivity index (χ1v) is 9.35. The van der Waals surface area contributed by atoms with Crippen LogP contribution in [0.15, 0.2) is 18.2 Å². The number of nitrogens with one attached hydrogen (secondary N) is 1. The number of methoxy groups -OCH3 is 2. The molecule has 7 nitrogen and oxygen atoms in total. The summed E-state index contributed by atoms with van der Waals surface area (Å²) in [5.74, 6) is -0.731. The van der Waals surface area contributed by atoms with Crippen molar-refractivity contribution in [2.24, 2.45) is 11.3 Å². The van der Waals surface area contributed by atoms with E-state index >= 15 is 0 Å². The molecule has 2 aliphatic rings. The lowest BCUT2D eigenvalue weighted by molar-refractivity contribution is -0.143. The van der Waals surface area contributed by atoms with Crippen molar-refractivity contribution in [2.75, 3.05) is 40.4 Å². The van der Waals surface area contributed by atoms with Crippen LogP contribution in [-0.2, 0) is 9.59 Å². The molecule has 2 saturated heterocycles. The monoisotopic (exact) mass is 376 g/mol. The number of hydrogen-bond acceptors (Lipinski definition) is 5. The second-order valence-corrected chi connectivity index (χ2v) is 7.65. The molecule has 148 valence electrons. The zero-order valence-electron chi connectivity index (χ0n) is 16.2. The van der Waals surface area contributed by atoms with Crippen molar-refractivity contribution in [3.8, 4) is 11.5 Å². The van der Waals surface area contributed by atoms with Gasteiger partial charge in [0.15, 0.2) is 11.5 Å². The van der Waals surface area contributed by atoms with Crippen LogP contribution >= 0.6 is 0 Å². The summed E-state index contributed by atoms with van der Waals surface area (Å²) < 4.78 is 10.9. The summed E-state index contributed by atoms with van der Waals surface area (Å²) in [7, 11) is 3.10. The van der Waals surface area contributed by atoms with Gasteiger partial charge in [-0.1, -0.05) is 19.1 Å². The summed E-state index contributed by atoms with van der Waals surface area (Å²) in [5, 5.41) is 13.1. The fraction of sp³-hybridized carbons (Fsp3) is 0.600. The number of carbonyl (C=O) groups is 2. The molecule has 0 radical (unpaired) electrons. The molecular weight excluding hydrogens is 348 g/mol. The average molecular weight is 376 g/mol. The summed E-state index contributed by atoms with van der Waals surface area (Å²) in [6, 6.07) is 5.47. The highest BCUT2D eigenvalue weighted by atomic mass is 16.5. The van der Waals surface area contributed by atoms with Gasteiger partial charge in [0.05, 0.1) is 20.1 Å². The molecule has 2 fully saturated rings. The van der Waals surface area contributed by atoms with Crippen molar-refractivity contribution in [1.29, 1.82) is 0 Å². The predicted octanol–water partition coefficient (Wildman–Crippen LogP) is 1.72. The Bertz CT molecular complexity index is 714. The zero-order valence-corrected chi connectivity index (χ0v) is 16.2. The Morgan fingerprint density at radius 2 is 1.89 bits per heavy atom. The van der Waals surface area contributed by atoms with Crippen LogP contribution in [0, 0.1) is 11.3 Å². The molecule has 2 aliphatic heterocycles. The van der Waals surface area contributed by atoms with Crippen LogP contribution < -0.4 is 14.8 Å². The smallest absolute Gasteiger partial charge is 0.308 e. The van der Waals surface area contributed by atoms with Crippen LogP contribution in [0.3, 0.4) is 0 Å². The van der Waals surface area contributed by atoms with E-state index in [1.807, 2.05) is 19.1 Å². The lowest BCUT2D eigenvalue weighted by Gasteiger charge is -2.36. The Balaban J connectivity index is 1.90. The second kappa shape index (κ2) is 7.76. The van der Waals surface area contributed by atoms with Crippen LogP contribution in [0.4, 0.5) is 0 Å². The quantitative estimate of drug-likeness (QED) is 0.814. The Morgan fingerprint density at radius 1 is 1.19 bits per heavy atom. The largest absolute Gasteiger partial charge is 0.493 e. The minimum atomic E-state index is -0.893. The Kier molecular flexibility index (Phi) is 5.60. The van der Waals surface area contributed by atoms with Gasteiger partial charge in [-0.15, -0.1) is 0 Å². The third-order valence-corrected chi connectivity index (χ3v) is 5.98. The highest BCUT2D eigenvalue weighted by molar-refractivity contribution is 5.84. The van der Waals surface area contributed by atoms with Crippen LogP contribution in [0.5, 0.6) is 11.5 Å². The number of amides is 1. The minimum absolute atomic E-state index is 0.0552. The van der Waals surface area contributed by atoms with Crippen LogP contribution in [-0.4, -0.2) is 62.3 Å². The molecule has 7 heteroatoms. The topological polar surface area (TPSA) is 88.1 Å². The SMILES string of the molecule is COc1cccc([C@@H]2CN(C(=O)C3(C)CCNCC3)C[C@H]2C(=O)O)c1OC. The molecule has 0 bridgehead atoms. The summed E-state index contributed by atoms with van der Waals surface area (Å²) in [5.41, 5.74) is 0.344. The van der Waals surface area contributed by atoms with Crippen molar-refractivity contribution in [3.63, 3.8) is 0 Å². The highest BCUT2D eigenvalue weighted by Gasteiger charge is 2.46. The number of nitrogens with zero attached hydrogens (tertiary/aromatic N) is 1. The molecule has 3 rings (SSSR count). The molecule has 2 atom stereocenters. The van der Waals surface area contributed by atoms with Gasteiger partial charge in [-0.05, 0) is 32.0 Å². The number of ether oxygens (including phenoxy) is 2. The van der Waals surface area contributed by atoms with E-state index in [0.717, 1.165) is 31.5 Å². The molecule has 27 heavy (non-hydrogen) atoms. The summed E-state index contributed by atoms with van der Waals surface area (Å²) in [6.45, 7) is 4.22. The Morgan fingerprint density at radius 3 is 2.48 bits per heavy atom. The van der Waals surface area contributed by atoms with Gasteiger partial charge in [-0.3, -0.25) is 9.59 Å². The maximum Gasteiger partial charge on any atom is 0.308 e. The van der Waals surface area contributed by atoms with Crippen molar-refractivity contribution in [1.82, 2.24) is 10.2 Å². The highest BCUT2D eigenvalue weighted by Crippen LogP contribution is 2.43. The first-order chi connectivity index (χ1) is 12.9. The van der Waals surface area contributed by atoms with Gasteiger partial charge in [0.1, 0.15) is 0 Å². The molecule has 0 aliphatic carbocycles. The van der Waals surface area contributed by atoms with Crippen LogP contribution in [0.2, 0.25) is 0 Å². The second-order valence-electron chi connectivity index (χ2n) is 7.65. The number of piperidine rings is 1. The number of carbonyl (C=O) groups excluding carboxylic acids is 1. The van der Waals surface area contributed by atoms with E-state index in [9.17, 15) is 14.7 Å². The molecular formula is C20H28N2O5. The first-order valence-electron chi connectivity index (χ1n) is 9.35. The molecule has 0 unspecified atom stereocenters. The van der Waals surface area contributed by atoms with Crippen molar-refractivity contribution in [2.45, 2.75) is 25.7 Å². The zero-order chi connectivity index (χ0) is 19.6. The van der Waals surface area contributed by atoms with Crippen molar-refractivity contribution in [3.05, 3.63) is 23.8 Å². The third kappa shape index (κ3) is 3.60. The molecule has 1 aromatic rings. The molecule has 0 aromatic heterocycles. The molecule has 1 amide bonds. The maximum atomic E-state index is 13.2. The van der Waals surface area contributed by atoms with E-state index in [2.05, 4.69) is 5.32 Å². The van der Waals surface area contributed by atoms with E-state index in [-0.39, 0.29) is 18.4 Å². The normalized spacial score (nSPS) is 24.5. The van der Waals surface area contributed by atoms with Gasteiger partial charge in [0, 0.05) is 30.0 Å². The van der Waals surface area contributed by atoms with Gasteiger partial charge in [-0.2, -0.15) is 0 Å². The Labute approximate surface area is 159 Å². The molecule has 2 heterocycles. The molecule has 0 saturated carbocycles. The van der Waals surface area contributed by atoms with Gasteiger partial charge in [0.25, 0.3) is 0 Å². The van der Waals surface area contributed by atoms with Crippen molar-refractivity contribution >= 4 is 11.9 Å². The van der Waals surface area contributed by atoms with E-state index in [1.165, 1.54) is 0 Å². The number of carboxylic acid groups (broad SMARTS) is 1. The molecule has 2 N–H and O–H groups in total. The number of rotatable bonds is 5. The summed E-state index contributed by atoms with van der Waals surface area (Å²) >= 11 is 0. The van der Waals surface area contributed by atoms with Gasteiger partial charge >= 0.3 is 5.97 Å². The lowest BCUT2D eigenvalue weighted by Crippen LogP contribution is -2.47. The van der Waals surface area contributed by atoms with E-state index < -0.39 is 17.3 Å². The van der Waals surface area contributed by atoms with Gasteiger partial charge < -0.3 is 24.8 Å². The molecule has 1 aromatic carbocycles. The van der Waals surface area contributed by atoms with Crippen LogP contribution in [0.25, 0.3) is 0 Å². The fourth-order valence-electron chi connectivity index (χ4n) is 4.31. The molecule has 0 spiro atoms. The maximum absolute atomic E-state index is 13.2. The first kappa shape index (κ1) is 19.5. The van der Waals surface area contributed by atoms with Crippen LogP contribution in [0.1, 0.15) is 31.2 Å². The Hall–Kier alpha value is -2.28. The van der Waals surface area contributed by atoms with E-state index in [1.54, 1.807) is 25.2 Å². The van der Waals surface area contributed by atoms with Gasteiger partial charge in [-0.25, -0.2) is 0 Å². The summed E-state index contributed by atoms with van der Waals surface area (Å²) in [6.07, 6.45) is 1.54. The third-order valence-electron chi connectivity index (χ3n) is 5.98. The predicted molar refractivity (Wildman–Crippen MR) is 100 cm³/mol. The number of hydrogen-bond donors (Lipinski definition) is 2. The van der Waals surface area contributed by atoms with Gasteiger partial charge in [0.2, 0.25) is 5.91 Å². The van der Waals surface area contributed by atoms with E-state index in [4.69, 9.17) is 9.47 Å². The summed E-state index contributed by atoms with van der Waals surface area (Å²) in [4.78, 5) is 26.9.